The first-order valence-corrected chi connectivity index (χ1v) is 6.39. The van der Waals surface area contributed by atoms with Gasteiger partial charge in [-0.25, -0.2) is 0 Å². The molecule has 100 valence electrons. The summed E-state index contributed by atoms with van der Waals surface area (Å²) in [5, 5.41) is 20.2. The standard InChI is InChI=1S/C13H13BrN2O3/c1-7(8(2)13(18)19)12(17)16-11-4-3-9(6-15)5-10(11)14/h3-5,7-8H,1-2H3,(H,16,17)(H,18,19). The largest absolute Gasteiger partial charge is 0.481 e. The Morgan fingerprint density at radius 1 is 1.37 bits per heavy atom. The van der Waals surface area contributed by atoms with Crippen LogP contribution in [0.1, 0.15) is 19.4 Å². The average molecular weight is 325 g/mol. The molecule has 0 aliphatic rings. The molecular formula is C13H13BrN2O3. The first-order valence-electron chi connectivity index (χ1n) is 5.60. The predicted molar refractivity (Wildman–Crippen MR) is 73.5 cm³/mol. The maximum absolute atomic E-state index is 11.9. The van der Waals surface area contributed by atoms with Crippen LogP contribution < -0.4 is 5.32 Å². The maximum Gasteiger partial charge on any atom is 0.307 e. The van der Waals surface area contributed by atoms with Gasteiger partial charge in [0.25, 0.3) is 0 Å². The van der Waals surface area contributed by atoms with Crippen molar-refractivity contribution in [3.8, 4) is 6.07 Å². The fourth-order valence-corrected chi connectivity index (χ4v) is 1.85. The summed E-state index contributed by atoms with van der Waals surface area (Å²) in [5.74, 6) is -2.81. The molecule has 1 aromatic carbocycles. The van der Waals surface area contributed by atoms with Gasteiger partial charge in [0.1, 0.15) is 0 Å². The number of hydrogen-bond acceptors (Lipinski definition) is 3. The fraction of sp³-hybridized carbons (Fsp3) is 0.308. The maximum atomic E-state index is 11.9. The lowest BCUT2D eigenvalue weighted by Gasteiger charge is -2.16. The van der Waals surface area contributed by atoms with Crippen LogP contribution in [-0.4, -0.2) is 17.0 Å². The Morgan fingerprint density at radius 3 is 2.47 bits per heavy atom. The Hall–Kier alpha value is -1.87. The molecule has 0 aliphatic carbocycles. The normalized spacial score (nSPS) is 13.2. The Bertz CT molecular complexity index is 551. The number of carbonyl (C=O) groups excluding carboxylic acids is 1. The third kappa shape index (κ3) is 3.80. The molecule has 0 fully saturated rings. The molecule has 6 heteroatoms. The van der Waals surface area contributed by atoms with Crippen LogP contribution in [0.5, 0.6) is 0 Å². The van der Waals surface area contributed by atoms with Crippen molar-refractivity contribution in [1.29, 1.82) is 5.26 Å². The summed E-state index contributed by atoms with van der Waals surface area (Å²) in [6.45, 7) is 3.05. The van der Waals surface area contributed by atoms with Crippen molar-refractivity contribution in [2.24, 2.45) is 11.8 Å². The molecule has 2 atom stereocenters. The van der Waals surface area contributed by atoms with Crippen molar-refractivity contribution in [1.82, 2.24) is 0 Å². The SMILES string of the molecule is CC(C(=O)O)C(C)C(=O)Nc1ccc(C#N)cc1Br. The van der Waals surface area contributed by atoms with E-state index in [1.54, 1.807) is 25.1 Å². The topological polar surface area (TPSA) is 90.2 Å². The molecule has 0 bridgehead atoms. The number of nitrogens with one attached hydrogen (secondary N) is 1. The van der Waals surface area contributed by atoms with Gasteiger partial charge in [-0.3, -0.25) is 9.59 Å². The van der Waals surface area contributed by atoms with Gasteiger partial charge in [0, 0.05) is 10.4 Å². The van der Waals surface area contributed by atoms with E-state index in [0.29, 0.717) is 15.7 Å². The molecule has 0 heterocycles. The highest BCUT2D eigenvalue weighted by atomic mass is 79.9. The van der Waals surface area contributed by atoms with E-state index in [2.05, 4.69) is 21.2 Å². The van der Waals surface area contributed by atoms with Gasteiger partial charge in [-0.2, -0.15) is 5.26 Å². The van der Waals surface area contributed by atoms with Gasteiger partial charge in [0.15, 0.2) is 0 Å². The van der Waals surface area contributed by atoms with E-state index in [1.807, 2.05) is 6.07 Å². The quantitative estimate of drug-likeness (QED) is 0.890. The molecule has 1 amide bonds. The number of nitrogens with zero attached hydrogens (tertiary/aromatic N) is 1. The number of amides is 1. The lowest BCUT2D eigenvalue weighted by Crippen LogP contribution is -2.30. The Morgan fingerprint density at radius 2 is 2.00 bits per heavy atom. The van der Waals surface area contributed by atoms with Crippen molar-refractivity contribution >= 4 is 33.5 Å². The molecule has 0 saturated heterocycles. The fourth-order valence-electron chi connectivity index (χ4n) is 1.37. The molecular weight excluding hydrogens is 312 g/mol. The Balaban J connectivity index is 2.83. The highest BCUT2D eigenvalue weighted by Gasteiger charge is 2.26. The molecule has 2 unspecified atom stereocenters. The van der Waals surface area contributed by atoms with Crippen molar-refractivity contribution in [2.45, 2.75) is 13.8 Å². The number of carboxylic acid groups (broad SMARTS) is 1. The highest BCUT2D eigenvalue weighted by Crippen LogP contribution is 2.24. The molecule has 5 nitrogen and oxygen atoms in total. The van der Waals surface area contributed by atoms with E-state index in [-0.39, 0.29) is 5.91 Å². The third-order valence-electron chi connectivity index (χ3n) is 2.91. The zero-order chi connectivity index (χ0) is 14.6. The summed E-state index contributed by atoms with van der Waals surface area (Å²) in [6, 6.07) is 6.74. The van der Waals surface area contributed by atoms with Crippen molar-refractivity contribution in [2.75, 3.05) is 5.32 Å². The van der Waals surface area contributed by atoms with Crippen molar-refractivity contribution in [3.05, 3.63) is 28.2 Å². The Kier molecular flexibility index (Phi) is 5.07. The number of benzene rings is 1. The highest BCUT2D eigenvalue weighted by molar-refractivity contribution is 9.10. The summed E-state index contributed by atoms with van der Waals surface area (Å²) in [4.78, 5) is 22.7. The lowest BCUT2D eigenvalue weighted by atomic mass is 9.95. The van der Waals surface area contributed by atoms with Crippen LogP contribution in [-0.2, 0) is 9.59 Å². The molecule has 19 heavy (non-hydrogen) atoms. The van der Waals surface area contributed by atoms with Gasteiger partial charge in [-0.15, -0.1) is 0 Å². The number of nitriles is 1. The van der Waals surface area contributed by atoms with Gasteiger partial charge >= 0.3 is 5.97 Å². The minimum absolute atomic E-state index is 0.375. The van der Waals surface area contributed by atoms with E-state index < -0.39 is 17.8 Å². The number of carboxylic acids is 1. The summed E-state index contributed by atoms with van der Waals surface area (Å²) in [6.07, 6.45) is 0. The van der Waals surface area contributed by atoms with Gasteiger partial charge in [-0.1, -0.05) is 13.8 Å². The monoisotopic (exact) mass is 324 g/mol. The number of hydrogen-bond donors (Lipinski definition) is 2. The minimum Gasteiger partial charge on any atom is -0.481 e. The van der Waals surface area contributed by atoms with Crippen LogP contribution in [0, 0.1) is 23.2 Å². The molecule has 0 aromatic heterocycles. The smallest absolute Gasteiger partial charge is 0.307 e. The van der Waals surface area contributed by atoms with Crippen LogP contribution >= 0.6 is 15.9 Å². The molecule has 0 aliphatic heterocycles. The van der Waals surface area contributed by atoms with Crippen LogP contribution in [0.2, 0.25) is 0 Å². The second kappa shape index (κ2) is 6.34. The summed E-state index contributed by atoms with van der Waals surface area (Å²) < 4.78 is 0.579. The lowest BCUT2D eigenvalue weighted by molar-refractivity contribution is -0.145. The number of halogens is 1. The van der Waals surface area contributed by atoms with Crippen LogP contribution in [0.15, 0.2) is 22.7 Å². The van der Waals surface area contributed by atoms with Gasteiger partial charge in [0.05, 0.1) is 23.2 Å². The second-order valence-corrected chi connectivity index (χ2v) is 5.07. The zero-order valence-corrected chi connectivity index (χ0v) is 12.1. The summed E-state index contributed by atoms with van der Waals surface area (Å²) >= 11 is 3.25. The van der Waals surface area contributed by atoms with E-state index in [4.69, 9.17) is 10.4 Å². The zero-order valence-electron chi connectivity index (χ0n) is 10.5. The second-order valence-electron chi connectivity index (χ2n) is 4.21. The molecule has 0 radical (unpaired) electrons. The number of carbonyl (C=O) groups is 2. The van der Waals surface area contributed by atoms with Gasteiger partial charge in [-0.05, 0) is 34.1 Å². The molecule has 1 aromatic rings. The summed E-state index contributed by atoms with van der Waals surface area (Å²) in [5.41, 5.74) is 0.977. The van der Waals surface area contributed by atoms with Crippen LogP contribution in [0.25, 0.3) is 0 Å². The van der Waals surface area contributed by atoms with E-state index in [0.717, 1.165) is 0 Å². The van der Waals surface area contributed by atoms with Crippen LogP contribution in [0.3, 0.4) is 0 Å². The van der Waals surface area contributed by atoms with E-state index >= 15 is 0 Å². The van der Waals surface area contributed by atoms with Crippen LogP contribution in [0.4, 0.5) is 5.69 Å². The first-order chi connectivity index (χ1) is 8.86. The van der Waals surface area contributed by atoms with E-state index in [1.165, 1.54) is 6.92 Å². The first kappa shape index (κ1) is 15.2. The predicted octanol–water partition coefficient (Wildman–Crippen LogP) is 2.62. The third-order valence-corrected chi connectivity index (χ3v) is 3.57. The van der Waals surface area contributed by atoms with Crippen molar-refractivity contribution in [3.63, 3.8) is 0 Å². The Labute approximate surface area is 119 Å². The molecule has 1 rings (SSSR count). The van der Waals surface area contributed by atoms with E-state index in [9.17, 15) is 9.59 Å². The van der Waals surface area contributed by atoms with Crippen molar-refractivity contribution < 1.29 is 14.7 Å². The minimum atomic E-state index is -1.01. The molecule has 0 saturated carbocycles. The van der Waals surface area contributed by atoms with Gasteiger partial charge < -0.3 is 10.4 Å². The number of aliphatic carboxylic acids is 1. The number of anilines is 1. The number of rotatable bonds is 4. The summed E-state index contributed by atoms with van der Waals surface area (Å²) in [7, 11) is 0. The molecule has 0 spiro atoms. The average Bonchev–Trinajstić information content (AvgIpc) is 2.38. The molecule has 2 N–H and O–H groups in total. The van der Waals surface area contributed by atoms with Gasteiger partial charge in [0.2, 0.25) is 5.91 Å².